The van der Waals surface area contributed by atoms with Gasteiger partial charge in [0.1, 0.15) is 0 Å². The van der Waals surface area contributed by atoms with E-state index in [1.54, 1.807) is 37.3 Å². The summed E-state index contributed by atoms with van der Waals surface area (Å²) in [5.41, 5.74) is 4.23. The third-order valence-electron chi connectivity index (χ3n) is 6.17. The number of nitrogens with zero attached hydrogens (tertiary/aromatic N) is 1. The number of hydrogen-bond acceptors (Lipinski definition) is 3. The Morgan fingerprint density at radius 3 is 1.94 bits per heavy atom. The summed E-state index contributed by atoms with van der Waals surface area (Å²) in [6, 6.07) is 20.5. The normalized spacial score (nSPS) is 19.2. The van der Waals surface area contributed by atoms with Gasteiger partial charge in [-0.05, 0) is 49.9 Å². The average molecular weight is 462 g/mol. The summed E-state index contributed by atoms with van der Waals surface area (Å²) in [7, 11) is -4.04. The number of aliphatic carboxylic acids is 1. The Hall–Kier alpha value is -3.22. The lowest BCUT2D eigenvalue weighted by Gasteiger charge is -2.41. The fraction of sp³-hybridized carbons (Fsp3) is 0.222. The molecular formula is C27H27NO4S. The first-order valence-electron chi connectivity index (χ1n) is 10.9. The van der Waals surface area contributed by atoms with Gasteiger partial charge in [0.2, 0.25) is 10.0 Å². The summed E-state index contributed by atoms with van der Waals surface area (Å²) in [6.45, 7) is 5.67. The molecule has 0 saturated carbocycles. The van der Waals surface area contributed by atoms with Crippen molar-refractivity contribution in [2.75, 3.05) is 0 Å². The first-order valence-corrected chi connectivity index (χ1v) is 12.3. The summed E-state index contributed by atoms with van der Waals surface area (Å²) in [5, 5.41) is 10.0. The van der Waals surface area contributed by atoms with Crippen molar-refractivity contribution in [3.05, 3.63) is 112 Å². The van der Waals surface area contributed by atoms with Crippen LogP contribution in [0.5, 0.6) is 0 Å². The second kappa shape index (κ2) is 8.96. The second-order valence-corrected chi connectivity index (χ2v) is 10.4. The molecule has 0 spiro atoms. The van der Waals surface area contributed by atoms with Crippen LogP contribution in [-0.4, -0.2) is 23.8 Å². The number of carboxylic acid groups (broad SMARTS) is 1. The molecule has 170 valence electrons. The van der Waals surface area contributed by atoms with E-state index in [4.69, 9.17) is 0 Å². The van der Waals surface area contributed by atoms with Crippen molar-refractivity contribution < 1.29 is 18.3 Å². The Morgan fingerprint density at radius 2 is 1.39 bits per heavy atom. The van der Waals surface area contributed by atoms with Crippen molar-refractivity contribution >= 4 is 16.0 Å². The van der Waals surface area contributed by atoms with E-state index in [2.05, 4.69) is 0 Å². The predicted octanol–water partition coefficient (Wildman–Crippen LogP) is 5.50. The molecule has 1 heterocycles. The van der Waals surface area contributed by atoms with Crippen LogP contribution in [0, 0.1) is 20.8 Å². The fourth-order valence-corrected chi connectivity index (χ4v) is 6.40. The van der Waals surface area contributed by atoms with E-state index in [0.717, 1.165) is 16.7 Å². The van der Waals surface area contributed by atoms with Gasteiger partial charge in [0.05, 0.1) is 22.6 Å². The molecule has 0 aliphatic carbocycles. The highest BCUT2D eigenvalue weighted by Crippen LogP contribution is 2.46. The summed E-state index contributed by atoms with van der Waals surface area (Å²) in [5.74, 6) is -1.12. The van der Waals surface area contributed by atoms with Crippen LogP contribution in [0.25, 0.3) is 0 Å². The number of sulfonamides is 1. The zero-order valence-electron chi connectivity index (χ0n) is 18.9. The molecule has 33 heavy (non-hydrogen) atoms. The van der Waals surface area contributed by atoms with E-state index in [-0.39, 0.29) is 16.9 Å². The minimum absolute atomic E-state index is 0.0689. The summed E-state index contributed by atoms with van der Waals surface area (Å²) >= 11 is 0. The number of hydrogen-bond donors (Lipinski definition) is 1. The van der Waals surface area contributed by atoms with Crippen LogP contribution in [0.1, 0.15) is 46.3 Å². The Labute approximate surface area is 195 Å². The van der Waals surface area contributed by atoms with E-state index in [1.807, 2.05) is 62.4 Å². The number of aryl methyl sites for hydroxylation is 3. The molecule has 3 aromatic carbocycles. The van der Waals surface area contributed by atoms with E-state index >= 15 is 0 Å². The molecule has 0 fully saturated rings. The first kappa shape index (κ1) is 23.0. The van der Waals surface area contributed by atoms with E-state index in [9.17, 15) is 18.3 Å². The fourth-order valence-electron chi connectivity index (χ4n) is 4.39. The Kier molecular flexibility index (Phi) is 6.23. The molecule has 5 nitrogen and oxygen atoms in total. The lowest BCUT2D eigenvalue weighted by Crippen LogP contribution is -2.42. The zero-order chi connectivity index (χ0) is 23.8. The second-order valence-electron chi connectivity index (χ2n) is 8.54. The van der Waals surface area contributed by atoms with Gasteiger partial charge in [0.25, 0.3) is 0 Å². The van der Waals surface area contributed by atoms with Crippen molar-refractivity contribution in [1.29, 1.82) is 0 Å². The highest BCUT2D eigenvalue weighted by Gasteiger charge is 2.44. The maximum Gasteiger partial charge on any atom is 0.333 e. The van der Waals surface area contributed by atoms with Crippen LogP contribution < -0.4 is 0 Å². The summed E-state index contributed by atoms with van der Waals surface area (Å²) in [6.07, 6.45) is 1.94. The molecule has 2 atom stereocenters. The van der Waals surface area contributed by atoms with Gasteiger partial charge in [0.15, 0.2) is 0 Å². The molecular weight excluding hydrogens is 434 g/mol. The van der Waals surface area contributed by atoms with Gasteiger partial charge >= 0.3 is 5.97 Å². The van der Waals surface area contributed by atoms with Crippen molar-refractivity contribution in [3.8, 4) is 0 Å². The number of rotatable bonds is 5. The minimum Gasteiger partial charge on any atom is -0.478 e. The molecule has 0 bridgehead atoms. The van der Waals surface area contributed by atoms with E-state index < -0.39 is 28.1 Å². The van der Waals surface area contributed by atoms with Gasteiger partial charge in [0, 0.05) is 0 Å². The average Bonchev–Trinajstić information content (AvgIpc) is 2.79. The SMILES string of the molecule is Cc1ccc([C@H]2C(C(=O)O)=CC[C@@H](c3ccc(C)cc3)N2S(=O)(=O)c2ccccc2C)cc1. The first-order chi connectivity index (χ1) is 15.7. The van der Waals surface area contributed by atoms with Gasteiger partial charge in [-0.2, -0.15) is 4.31 Å². The minimum atomic E-state index is -4.04. The molecule has 1 aliphatic rings. The standard InChI is InChI=1S/C27H27NO4S/c1-18-8-12-21(13-9-18)24-17-16-23(27(29)30)26(22-14-10-19(2)11-15-22)28(24)33(31,32)25-7-5-4-6-20(25)3/h4-16,24,26H,17H2,1-3H3,(H,29,30)/t24-,26-/m0/s1. The Balaban J connectivity index is 1.98. The predicted molar refractivity (Wildman–Crippen MR) is 128 cm³/mol. The highest BCUT2D eigenvalue weighted by molar-refractivity contribution is 7.89. The van der Waals surface area contributed by atoms with Gasteiger partial charge in [-0.15, -0.1) is 0 Å². The maximum atomic E-state index is 14.2. The van der Waals surface area contributed by atoms with Crippen LogP contribution in [0.3, 0.4) is 0 Å². The lowest BCUT2D eigenvalue weighted by molar-refractivity contribution is -0.133. The van der Waals surface area contributed by atoms with Gasteiger partial charge in [-0.3, -0.25) is 0 Å². The van der Waals surface area contributed by atoms with Gasteiger partial charge in [-0.25, -0.2) is 13.2 Å². The zero-order valence-corrected chi connectivity index (χ0v) is 19.7. The van der Waals surface area contributed by atoms with Crippen molar-refractivity contribution in [3.63, 3.8) is 0 Å². The largest absolute Gasteiger partial charge is 0.478 e. The van der Waals surface area contributed by atoms with Crippen molar-refractivity contribution in [2.45, 2.75) is 44.2 Å². The summed E-state index contributed by atoms with van der Waals surface area (Å²) < 4.78 is 29.8. The quantitative estimate of drug-likeness (QED) is 0.544. The lowest BCUT2D eigenvalue weighted by atomic mass is 9.89. The Bertz CT molecular complexity index is 1310. The monoisotopic (exact) mass is 461 g/mol. The molecule has 3 aromatic rings. The molecule has 1 aliphatic heterocycles. The molecule has 0 unspecified atom stereocenters. The van der Waals surface area contributed by atoms with Crippen LogP contribution >= 0.6 is 0 Å². The number of benzene rings is 3. The van der Waals surface area contributed by atoms with Crippen LogP contribution in [0.2, 0.25) is 0 Å². The third kappa shape index (κ3) is 4.36. The van der Waals surface area contributed by atoms with E-state index in [1.165, 1.54) is 4.31 Å². The van der Waals surface area contributed by atoms with Gasteiger partial charge in [-0.1, -0.05) is 83.9 Å². The van der Waals surface area contributed by atoms with Crippen molar-refractivity contribution in [2.24, 2.45) is 0 Å². The molecule has 4 rings (SSSR count). The molecule has 6 heteroatoms. The smallest absolute Gasteiger partial charge is 0.333 e. The maximum absolute atomic E-state index is 14.2. The van der Waals surface area contributed by atoms with Crippen LogP contribution in [0.4, 0.5) is 0 Å². The molecule has 1 N–H and O–H groups in total. The topological polar surface area (TPSA) is 74.7 Å². The molecule has 0 aromatic heterocycles. The molecule has 0 radical (unpaired) electrons. The summed E-state index contributed by atoms with van der Waals surface area (Å²) in [4.78, 5) is 12.5. The number of carboxylic acids is 1. The molecule has 0 saturated heterocycles. The number of carbonyl (C=O) groups is 1. The van der Waals surface area contributed by atoms with Crippen LogP contribution in [0.15, 0.2) is 89.3 Å². The van der Waals surface area contributed by atoms with E-state index in [0.29, 0.717) is 11.1 Å². The third-order valence-corrected chi connectivity index (χ3v) is 8.20. The van der Waals surface area contributed by atoms with Crippen LogP contribution in [-0.2, 0) is 14.8 Å². The van der Waals surface area contributed by atoms with Crippen molar-refractivity contribution in [1.82, 2.24) is 4.31 Å². The highest BCUT2D eigenvalue weighted by atomic mass is 32.2. The Morgan fingerprint density at radius 1 is 0.848 bits per heavy atom. The van der Waals surface area contributed by atoms with Gasteiger partial charge < -0.3 is 5.11 Å². The molecule has 0 amide bonds.